The molecular formula is C42H38ClF4N11O2S2. The van der Waals surface area contributed by atoms with Gasteiger partial charge in [-0.25, -0.2) is 34.3 Å². The summed E-state index contributed by atoms with van der Waals surface area (Å²) in [6.45, 7) is 2.55. The lowest BCUT2D eigenvalue weighted by atomic mass is 9.91. The van der Waals surface area contributed by atoms with Crippen LogP contribution in [0.5, 0.6) is 0 Å². The van der Waals surface area contributed by atoms with E-state index in [2.05, 4.69) is 46.2 Å². The van der Waals surface area contributed by atoms with Crippen molar-refractivity contribution in [1.29, 1.82) is 0 Å². The third-order valence-corrected chi connectivity index (χ3v) is 11.1. The van der Waals surface area contributed by atoms with Crippen LogP contribution in [0.3, 0.4) is 0 Å². The smallest absolute Gasteiger partial charge is 0.350 e. The second-order valence-electron chi connectivity index (χ2n) is 14.1. The van der Waals surface area contributed by atoms with Crippen LogP contribution in [0.2, 0.25) is 5.15 Å². The van der Waals surface area contributed by atoms with Gasteiger partial charge in [-0.05, 0) is 115 Å². The Kier molecular flexibility index (Phi) is 14.0. The topological polar surface area (TPSA) is 163 Å². The Bertz CT molecular complexity index is 2470. The van der Waals surface area contributed by atoms with E-state index in [4.69, 9.17) is 16.6 Å². The van der Waals surface area contributed by atoms with Crippen molar-refractivity contribution < 1.29 is 27.2 Å². The Morgan fingerprint density at radius 2 is 1.24 bits per heavy atom. The number of carbonyl (C=O) groups is 2. The summed E-state index contributed by atoms with van der Waals surface area (Å²) in [5.74, 6) is 2.09. The van der Waals surface area contributed by atoms with Gasteiger partial charge in [0.25, 0.3) is 0 Å². The molecule has 1 saturated heterocycles. The van der Waals surface area contributed by atoms with E-state index in [0.29, 0.717) is 63.8 Å². The number of halogens is 5. The van der Waals surface area contributed by atoms with Gasteiger partial charge in [0.15, 0.2) is 10.3 Å². The second-order valence-corrected chi connectivity index (χ2v) is 16.6. The van der Waals surface area contributed by atoms with Gasteiger partial charge in [-0.1, -0.05) is 30.7 Å². The summed E-state index contributed by atoms with van der Waals surface area (Å²) >= 11 is 8.67. The van der Waals surface area contributed by atoms with E-state index in [0.717, 1.165) is 23.4 Å². The average Bonchev–Trinajstić information content (AvgIpc) is 4.08. The summed E-state index contributed by atoms with van der Waals surface area (Å²) in [5, 5.41) is 12.4. The highest BCUT2D eigenvalue weighted by Gasteiger charge is 2.54. The molecule has 4 aromatic heterocycles. The molecule has 0 bridgehead atoms. The van der Waals surface area contributed by atoms with Crippen LogP contribution in [0.15, 0.2) is 130 Å². The van der Waals surface area contributed by atoms with Gasteiger partial charge >= 0.3 is 6.18 Å². The summed E-state index contributed by atoms with van der Waals surface area (Å²) in [6, 6.07) is 28.2. The van der Waals surface area contributed by atoms with E-state index in [9.17, 15) is 27.2 Å². The molecule has 0 atom stereocenters. The van der Waals surface area contributed by atoms with Gasteiger partial charge in [0.2, 0.25) is 11.8 Å². The molecule has 0 unspecified atom stereocenters. The fourth-order valence-electron chi connectivity index (χ4n) is 6.00. The molecule has 8 rings (SSSR count). The van der Waals surface area contributed by atoms with Crippen molar-refractivity contribution in [3.63, 3.8) is 0 Å². The Morgan fingerprint density at radius 3 is 1.73 bits per heavy atom. The van der Waals surface area contributed by atoms with Crippen LogP contribution >= 0.6 is 35.1 Å². The molecule has 2 aromatic carbocycles. The van der Waals surface area contributed by atoms with Gasteiger partial charge in [-0.15, -0.1) is 0 Å². The Morgan fingerprint density at radius 1 is 0.726 bits per heavy atom. The van der Waals surface area contributed by atoms with Crippen molar-refractivity contribution in [2.45, 2.75) is 64.6 Å². The lowest BCUT2D eigenvalue weighted by Crippen LogP contribution is -2.60. The Labute approximate surface area is 367 Å². The molecular weight excluding hydrogens is 866 g/mol. The van der Waals surface area contributed by atoms with Gasteiger partial charge in [0, 0.05) is 52.1 Å². The summed E-state index contributed by atoms with van der Waals surface area (Å²) in [6.07, 6.45) is -0.346. The fourth-order valence-corrected chi connectivity index (χ4v) is 7.77. The van der Waals surface area contributed by atoms with E-state index >= 15 is 0 Å². The molecule has 1 saturated carbocycles. The molecule has 2 aliphatic rings. The second kappa shape index (κ2) is 19.8. The predicted octanol–water partition coefficient (Wildman–Crippen LogP) is 10.4. The third-order valence-electron chi connectivity index (χ3n) is 9.13. The lowest BCUT2D eigenvalue weighted by Gasteiger charge is -2.45. The van der Waals surface area contributed by atoms with Crippen LogP contribution in [-0.2, 0) is 9.59 Å². The first-order valence-corrected chi connectivity index (χ1v) is 21.2. The lowest BCUT2D eigenvalue weighted by molar-refractivity contribution is -0.150. The summed E-state index contributed by atoms with van der Waals surface area (Å²) < 4.78 is 51.6. The summed E-state index contributed by atoms with van der Waals surface area (Å²) in [5.41, 5.74) is -0.0857. The Hall–Kier alpha value is -6.05. The molecule has 1 aliphatic carbocycles. The number of anilines is 7. The van der Waals surface area contributed by atoms with Gasteiger partial charge in [0.05, 0.1) is 13.1 Å². The van der Waals surface area contributed by atoms with Gasteiger partial charge in [-0.2, -0.15) is 13.2 Å². The van der Waals surface area contributed by atoms with Gasteiger partial charge < -0.3 is 26.2 Å². The first-order valence-electron chi connectivity index (χ1n) is 19.2. The number of nitrogens with one attached hydrogen (secondary N) is 4. The number of carbonyl (C=O) groups excluding carboxylic acids is 2. The quantitative estimate of drug-likeness (QED) is 0.0465. The number of nitrogens with zero attached hydrogens (tertiary/aromatic N) is 7. The molecule has 0 spiro atoms. The summed E-state index contributed by atoms with van der Waals surface area (Å²) in [4.78, 5) is 52.9. The third kappa shape index (κ3) is 13.0. The molecule has 6 aromatic rings. The number of aromatic nitrogens is 6. The maximum Gasteiger partial charge on any atom is 0.397 e. The molecule has 13 nitrogen and oxygen atoms in total. The normalized spacial score (nSPS) is 14.1. The number of hydrogen-bond donors (Lipinski definition) is 4. The first kappa shape index (κ1) is 44.0. The first-order chi connectivity index (χ1) is 29.8. The van der Waals surface area contributed by atoms with Crippen molar-refractivity contribution in [2.24, 2.45) is 5.92 Å². The van der Waals surface area contributed by atoms with E-state index < -0.39 is 24.2 Å². The molecule has 20 heteroatoms. The molecule has 2 amide bonds. The summed E-state index contributed by atoms with van der Waals surface area (Å²) in [7, 11) is 0. The van der Waals surface area contributed by atoms with Crippen LogP contribution in [0, 0.1) is 5.92 Å². The molecule has 0 radical (unpaired) electrons. The minimum Gasteiger partial charge on any atom is -0.350 e. The van der Waals surface area contributed by atoms with Crippen molar-refractivity contribution in [2.75, 3.05) is 39.3 Å². The average molecular weight is 904 g/mol. The van der Waals surface area contributed by atoms with Gasteiger partial charge in [0.1, 0.15) is 46.3 Å². The van der Waals surface area contributed by atoms with Crippen LogP contribution in [0.25, 0.3) is 0 Å². The van der Waals surface area contributed by atoms with Crippen molar-refractivity contribution in [3.05, 3.63) is 115 Å². The van der Waals surface area contributed by atoms with Gasteiger partial charge in [-0.3, -0.25) is 9.59 Å². The molecule has 4 N–H and O–H groups in total. The van der Waals surface area contributed by atoms with Crippen LogP contribution in [0.1, 0.15) is 32.6 Å². The van der Waals surface area contributed by atoms with Crippen LogP contribution in [0.4, 0.5) is 58.0 Å². The highest BCUT2D eigenvalue weighted by atomic mass is 35.5. The molecule has 5 heterocycles. The van der Waals surface area contributed by atoms with E-state index in [1.54, 1.807) is 42.7 Å². The van der Waals surface area contributed by atoms with Crippen LogP contribution in [-0.4, -0.2) is 66.7 Å². The molecule has 2 fully saturated rings. The number of pyridine rings is 2. The standard InChI is InChI=1S/C24H25FN6OS.C18H13ClF3N5OS/c1-2-22(32)27-17-8-10-18(11-9-17)33-23-29-20(28-19-5-3-4-12-26-19)13-21(30-23)31-14-24(25,15-31)16-6-7-16;19-13-9-15(26-14-3-1-2-8-23-14)27-17(25-13)29-12-6-4-11(5-7-12)24-16(28)10-18(20,21)22/h3-5,8-13,16H,2,6-7,14-15H2,1H3,(H,27,32)(H,26,28,29,30);1-9H,10H2,(H,24,28)(H,23,25,26,27). The van der Waals surface area contributed by atoms with E-state index in [-0.39, 0.29) is 22.7 Å². The fraction of sp³-hybridized carbons (Fsp3) is 0.238. The van der Waals surface area contributed by atoms with E-state index in [1.165, 1.54) is 35.7 Å². The Balaban J connectivity index is 0.000000188. The zero-order valence-corrected chi connectivity index (χ0v) is 35.3. The number of alkyl halides is 4. The predicted molar refractivity (Wildman–Crippen MR) is 232 cm³/mol. The number of hydrogen-bond acceptors (Lipinski definition) is 13. The number of rotatable bonds is 14. The monoisotopic (exact) mass is 903 g/mol. The van der Waals surface area contributed by atoms with E-state index in [1.807, 2.05) is 66.4 Å². The van der Waals surface area contributed by atoms with Crippen molar-refractivity contribution in [1.82, 2.24) is 29.9 Å². The maximum absolute atomic E-state index is 14.9. The van der Waals surface area contributed by atoms with Crippen LogP contribution < -0.4 is 26.2 Å². The van der Waals surface area contributed by atoms with Crippen molar-refractivity contribution in [3.8, 4) is 0 Å². The van der Waals surface area contributed by atoms with Crippen molar-refractivity contribution >= 4 is 87.4 Å². The minimum absolute atomic E-state index is 0.0265. The maximum atomic E-state index is 14.9. The SMILES string of the molecule is CCC(=O)Nc1ccc(Sc2nc(Nc3ccccn3)cc(N3CC(F)(C4CC4)C3)n2)cc1.O=C(CC(F)(F)F)Nc1ccc(Sc2nc(Cl)cc(Nc3ccccn3)n2)cc1. The largest absolute Gasteiger partial charge is 0.397 e. The number of benzene rings is 2. The minimum atomic E-state index is -4.55. The highest BCUT2D eigenvalue weighted by Crippen LogP contribution is 2.48. The zero-order chi connectivity index (χ0) is 43.7. The highest BCUT2D eigenvalue weighted by molar-refractivity contribution is 7.99. The number of amides is 2. The zero-order valence-electron chi connectivity index (χ0n) is 32.9. The molecule has 62 heavy (non-hydrogen) atoms. The molecule has 320 valence electrons. The molecule has 1 aliphatic heterocycles.